The van der Waals surface area contributed by atoms with Crippen LogP contribution in [0.15, 0.2) is 24.3 Å². The van der Waals surface area contributed by atoms with Crippen LogP contribution in [0.3, 0.4) is 0 Å². The van der Waals surface area contributed by atoms with Gasteiger partial charge in [-0.25, -0.2) is 0 Å². The summed E-state index contributed by atoms with van der Waals surface area (Å²) in [6.45, 7) is 7.63. The lowest BCUT2D eigenvalue weighted by Crippen LogP contribution is -2.37. The Kier molecular flexibility index (Phi) is 6.88. The van der Waals surface area contributed by atoms with Crippen molar-refractivity contribution in [3.8, 4) is 0 Å². The molecule has 138 valence electrons. The highest BCUT2D eigenvalue weighted by Crippen LogP contribution is 2.21. The van der Waals surface area contributed by atoms with Crippen LogP contribution in [0, 0.1) is 11.8 Å². The molecule has 0 unspecified atom stereocenters. The van der Waals surface area contributed by atoms with Crippen molar-refractivity contribution in [1.82, 2.24) is 10.2 Å². The molecule has 2 heterocycles. The molecule has 4 nitrogen and oxygen atoms in total. The lowest BCUT2D eigenvalue weighted by atomic mass is 9.90. The monoisotopic (exact) mass is 344 g/mol. The molecule has 25 heavy (non-hydrogen) atoms. The molecule has 0 saturated carbocycles. The van der Waals surface area contributed by atoms with Gasteiger partial charge in [0.05, 0.1) is 0 Å². The van der Waals surface area contributed by atoms with E-state index in [1.54, 1.807) is 0 Å². The number of carbonyl (C=O) groups excluding carboxylic acids is 1. The average Bonchev–Trinajstić information content (AvgIpc) is 2.67. The largest absolute Gasteiger partial charge is 0.381 e. The quantitative estimate of drug-likeness (QED) is 0.862. The summed E-state index contributed by atoms with van der Waals surface area (Å²) in [6.07, 6.45) is 5.71. The zero-order valence-corrected chi connectivity index (χ0v) is 15.5. The molecule has 0 bridgehead atoms. The third-order valence-electron chi connectivity index (χ3n) is 5.65. The Bertz CT molecular complexity index is 549. The van der Waals surface area contributed by atoms with Gasteiger partial charge in [-0.05, 0) is 81.6 Å². The Labute approximate surface area is 151 Å². The number of hydrogen-bond donors (Lipinski definition) is 1. The molecule has 0 atom stereocenters. The third kappa shape index (κ3) is 5.29. The summed E-state index contributed by atoms with van der Waals surface area (Å²) < 4.78 is 5.44. The van der Waals surface area contributed by atoms with E-state index < -0.39 is 0 Å². The van der Waals surface area contributed by atoms with Gasteiger partial charge in [-0.15, -0.1) is 0 Å². The van der Waals surface area contributed by atoms with Crippen LogP contribution >= 0.6 is 0 Å². The summed E-state index contributed by atoms with van der Waals surface area (Å²) in [6, 6.07) is 8.32. The Morgan fingerprint density at radius 1 is 1.16 bits per heavy atom. The van der Waals surface area contributed by atoms with E-state index in [1.165, 1.54) is 18.4 Å². The van der Waals surface area contributed by atoms with Gasteiger partial charge in [-0.2, -0.15) is 0 Å². The zero-order chi connectivity index (χ0) is 17.5. The zero-order valence-electron chi connectivity index (χ0n) is 15.5. The first-order valence-corrected chi connectivity index (χ1v) is 9.93. The third-order valence-corrected chi connectivity index (χ3v) is 5.65. The first-order valence-electron chi connectivity index (χ1n) is 9.93. The first kappa shape index (κ1) is 18.4. The maximum Gasteiger partial charge on any atom is 0.253 e. The number of hydrogen-bond acceptors (Lipinski definition) is 3. The van der Waals surface area contributed by atoms with Gasteiger partial charge in [0.25, 0.3) is 5.91 Å². The number of amides is 1. The highest BCUT2D eigenvalue weighted by Gasteiger charge is 2.21. The minimum absolute atomic E-state index is 0.182. The molecular weight excluding hydrogens is 312 g/mol. The second-order valence-electron chi connectivity index (χ2n) is 7.50. The second-order valence-corrected chi connectivity index (χ2v) is 7.50. The van der Waals surface area contributed by atoms with Crippen LogP contribution in [0.2, 0.25) is 0 Å². The summed E-state index contributed by atoms with van der Waals surface area (Å²) in [5.74, 6) is 1.51. The van der Waals surface area contributed by atoms with E-state index in [2.05, 4.69) is 24.4 Å². The van der Waals surface area contributed by atoms with E-state index in [1.807, 2.05) is 17.0 Å². The van der Waals surface area contributed by atoms with Crippen molar-refractivity contribution >= 4 is 5.91 Å². The van der Waals surface area contributed by atoms with Crippen molar-refractivity contribution in [2.24, 2.45) is 11.8 Å². The molecule has 1 amide bonds. The molecule has 1 aromatic rings. The van der Waals surface area contributed by atoms with E-state index in [4.69, 9.17) is 4.74 Å². The predicted molar refractivity (Wildman–Crippen MR) is 101 cm³/mol. The van der Waals surface area contributed by atoms with Crippen LogP contribution in [-0.4, -0.2) is 50.2 Å². The van der Waals surface area contributed by atoms with Crippen LogP contribution < -0.4 is 5.32 Å². The molecule has 0 aliphatic carbocycles. The van der Waals surface area contributed by atoms with Gasteiger partial charge in [-0.1, -0.05) is 12.1 Å². The predicted octanol–water partition coefficient (Wildman–Crippen LogP) is 3.12. The summed E-state index contributed by atoms with van der Waals surface area (Å²) in [5.41, 5.74) is 2.15. The van der Waals surface area contributed by atoms with Gasteiger partial charge in [0.15, 0.2) is 0 Å². The average molecular weight is 344 g/mol. The molecule has 4 heteroatoms. The number of piperidine rings is 1. The Hall–Kier alpha value is -1.39. The van der Waals surface area contributed by atoms with E-state index in [0.29, 0.717) is 5.92 Å². The summed E-state index contributed by atoms with van der Waals surface area (Å²) in [4.78, 5) is 15.0. The second kappa shape index (κ2) is 9.35. The Balaban J connectivity index is 1.62. The summed E-state index contributed by atoms with van der Waals surface area (Å²) in [5, 5.41) is 3.42. The molecule has 2 saturated heterocycles. The molecule has 3 rings (SSSR count). The topological polar surface area (TPSA) is 41.6 Å². The molecule has 2 aliphatic rings. The van der Waals surface area contributed by atoms with E-state index in [9.17, 15) is 4.79 Å². The maximum atomic E-state index is 13.0. The lowest BCUT2D eigenvalue weighted by molar-refractivity contribution is 0.0467. The van der Waals surface area contributed by atoms with Gasteiger partial charge in [0, 0.05) is 31.9 Å². The van der Waals surface area contributed by atoms with E-state index in [0.717, 1.165) is 70.1 Å². The molecular formula is C21H32N2O2. The van der Waals surface area contributed by atoms with Gasteiger partial charge in [-0.3, -0.25) is 4.79 Å². The molecule has 0 radical (unpaired) electrons. The highest BCUT2D eigenvalue weighted by atomic mass is 16.5. The van der Waals surface area contributed by atoms with Gasteiger partial charge in [0.2, 0.25) is 0 Å². The fourth-order valence-corrected chi connectivity index (χ4v) is 4.03. The van der Waals surface area contributed by atoms with Crippen LogP contribution in [-0.2, 0) is 11.2 Å². The van der Waals surface area contributed by atoms with Gasteiger partial charge in [0.1, 0.15) is 0 Å². The maximum absolute atomic E-state index is 13.0. The van der Waals surface area contributed by atoms with Gasteiger partial charge < -0.3 is 15.0 Å². The fraction of sp³-hybridized carbons (Fsp3) is 0.667. The van der Waals surface area contributed by atoms with Crippen molar-refractivity contribution in [3.05, 3.63) is 35.4 Å². The molecule has 0 aromatic heterocycles. The van der Waals surface area contributed by atoms with Crippen molar-refractivity contribution in [2.45, 2.75) is 39.0 Å². The number of carbonyl (C=O) groups is 1. The molecule has 2 aliphatic heterocycles. The molecule has 2 fully saturated rings. The van der Waals surface area contributed by atoms with Crippen molar-refractivity contribution in [3.63, 3.8) is 0 Å². The fourth-order valence-electron chi connectivity index (χ4n) is 4.03. The Morgan fingerprint density at radius 3 is 2.64 bits per heavy atom. The number of ether oxygens (including phenoxy) is 1. The molecule has 1 aromatic carbocycles. The van der Waals surface area contributed by atoms with Crippen molar-refractivity contribution in [1.29, 1.82) is 0 Å². The molecule has 1 N–H and O–H groups in total. The lowest BCUT2D eigenvalue weighted by Gasteiger charge is -2.29. The normalized spacial score (nSPS) is 19.7. The van der Waals surface area contributed by atoms with Crippen LogP contribution in [0.5, 0.6) is 0 Å². The van der Waals surface area contributed by atoms with Gasteiger partial charge >= 0.3 is 0 Å². The number of benzene rings is 1. The standard InChI is InChI=1S/C21H32N2O2/c1-2-23(16-18-8-12-25-13-9-18)21(24)20-5-3-4-19(15-20)14-17-6-10-22-11-7-17/h3-5,15,17-18,22H,2,6-14,16H2,1H3. The summed E-state index contributed by atoms with van der Waals surface area (Å²) in [7, 11) is 0. The van der Waals surface area contributed by atoms with Crippen LogP contribution in [0.1, 0.15) is 48.5 Å². The van der Waals surface area contributed by atoms with E-state index >= 15 is 0 Å². The first-order chi connectivity index (χ1) is 12.3. The Morgan fingerprint density at radius 2 is 1.92 bits per heavy atom. The number of nitrogens with one attached hydrogen (secondary N) is 1. The number of rotatable bonds is 6. The van der Waals surface area contributed by atoms with Crippen molar-refractivity contribution < 1.29 is 9.53 Å². The minimum Gasteiger partial charge on any atom is -0.381 e. The molecule has 0 spiro atoms. The SMILES string of the molecule is CCN(CC1CCOCC1)C(=O)c1cccc(CC2CCNCC2)c1. The number of nitrogens with zero attached hydrogens (tertiary/aromatic N) is 1. The van der Waals surface area contributed by atoms with Crippen LogP contribution in [0.25, 0.3) is 0 Å². The smallest absolute Gasteiger partial charge is 0.253 e. The summed E-state index contributed by atoms with van der Waals surface area (Å²) >= 11 is 0. The minimum atomic E-state index is 0.182. The van der Waals surface area contributed by atoms with Crippen LogP contribution in [0.4, 0.5) is 0 Å². The van der Waals surface area contributed by atoms with E-state index in [-0.39, 0.29) is 5.91 Å². The highest BCUT2D eigenvalue weighted by molar-refractivity contribution is 5.94. The van der Waals surface area contributed by atoms with Crippen molar-refractivity contribution in [2.75, 3.05) is 39.4 Å².